The second kappa shape index (κ2) is 18.0. The molecule has 162 valence electrons. The Morgan fingerprint density at radius 1 is 1.04 bits per heavy atom. The molecule has 1 rings (SSSR count). The van der Waals surface area contributed by atoms with E-state index in [-0.39, 0.29) is 24.0 Å². The number of nitrogens with zero attached hydrogens (tertiary/aromatic N) is 2. The molecule has 0 aromatic heterocycles. The molecular formula is C21H39IN4O2. The number of hydrogen-bond donors (Lipinski definition) is 2. The first-order valence-electron chi connectivity index (χ1n) is 10.0. The first-order chi connectivity index (χ1) is 13.2. The molecule has 0 heterocycles. The second-order valence-corrected chi connectivity index (χ2v) is 6.64. The summed E-state index contributed by atoms with van der Waals surface area (Å²) in [6.07, 6.45) is 4.36. The molecule has 2 N–H and O–H groups in total. The van der Waals surface area contributed by atoms with Gasteiger partial charge < -0.3 is 25.0 Å². The van der Waals surface area contributed by atoms with Crippen LogP contribution in [-0.4, -0.2) is 71.5 Å². The number of hydrogen-bond acceptors (Lipinski definition) is 4. The van der Waals surface area contributed by atoms with Crippen LogP contribution >= 0.6 is 24.0 Å². The van der Waals surface area contributed by atoms with Gasteiger partial charge in [0.15, 0.2) is 5.96 Å². The van der Waals surface area contributed by atoms with Crippen LogP contribution in [0.15, 0.2) is 29.3 Å². The molecule has 0 aliphatic rings. The van der Waals surface area contributed by atoms with Crippen LogP contribution in [0.2, 0.25) is 0 Å². The van der Waals surface area contributed by atoms with Gasteiger partial charge in [-0.2, -0.15) is 0 Å². The van der Waals surface area contributed by atoms with Crippen molar-refractivity contribution >= 4 is 29.9 Å². The fourth-order valence-electron chi connectivity index (χ4n) is 2.72. The summed E-state index contributed by atoms with van der Waals surface area (Å²) in [7, 11) is 5.58. The van der Waals surface area contributed by atoms with Crippen LogP contribution in [0.3, 0.4) is 0 Å². The summed E-state index contributed by atoms with van der Waals surface area (Å²) < 4.78 is 10.3. The molecule has 0 saturated carbocycles. The van der Waals surface area contributed by atoms with Crippen LogP contribution in [0.1, 0.15) is 31.7 Å². The maximum Gasteiger partial charge on any atom is 0.191 e. The van der Waals surface area contributed by atoms with Gasteiger partial charge in [0, 0.05) is 46.4 Å². The molecule has 1 aromatic rings. The third-order valence-corrected chi connectivity index (χ3v) is 4.32. The number of aliphatic imine (C=N–C) groups is 1. The third kappa shape index (κ3) is 13.2. The molecule has 7 heteroatoms. The SMILES string of the molecule is CCNC(=NCCCCc1ccc(OC)cc1)NCCN(C)CCCOC.I. The fourth-order valence-corrected chi connectivity index (χ4v) is 2.72. The predicted molar refractivity (Wildman–Crippen MR) is 129 cm³/mol. The zero-order valence-electron chi connectivity index (χ0n) is 18.0. The van der Waals surface area contributed by atoms with Gasteiger partial charge in [-0.1, -0.05) is 12.1 Å². The zero-order valence-corrected chi connectivity index (χ0v) is 20.3. The summed E-state index contributed by atoms with van der Waals surface area (Å²) in [6.45, 7) is 7.56. The molecule has 28 heavy (non-hydrogen) atoms. The Bertz CT molecular complexity index is 512. The van der Waals surface area contributed by atoms with Crippen molar-refractivity contribution in [3.05, 3.63) is 29.8 Å². The van der Waals surface area contributed by atoms with Crippen LogP contribution in [0, 0.1) is 0 Å². The second-order valence-electron chi connectivity index (χ2n) is 6.64. The Morgan fingerprint density at radius 3 is 2.43 bits per heavy atom. The Morgan fingerprint density at radius 2 is 1.79 bits per heavy atom. The number of aryl methyl sites for hydroxylation is 1. The maximum absolute atomic E-state index is 5.19. The van der Waals surface area contributed by atoms with Gasteiger partial charge in [-0.25, -0.2) is 0 Å². The first-order valence-corrected chi connectivity index (χ1v) is 10.0. The lowest BCUT2D eigenvalue weighted by molar-refractivity contribution is 0.180. The number of methoxy groups -OCH3 is 2. The van der Waals surface area contributed by atoms with E-state index in [4.69, 9.17) is 9.47 Å². The van der Waals surface area contributed by atoms with Gasteiger partial charge in [0.1, 0.15) is 5.75 Å². The summed E-state index contributed by atoms with van der Waals surface area (Å²) >= 11 is 0. The Hall–Kier alpha value is -1.06. The van der Waals surface area contributed by atoms with Gasteiger partial charge in [-0.15, -0.1) is 24.0 Å². The van der Waals surface area contributed by atoms with E-state index in [1.54, 1.807) is 14.2 Å². The van der Waals surface area contributed by atoms with Gasteiger partial charge in [-0.05, 0) is 57.4 Å². The van der Waals surface area contributed by atoms with Crippen molar-refractivity contribution in [3.8, 4) is 5.75 Å². The Balaban J connectivity index is 0.00000729. The summed E-state index contributed by atoms with van der Waals surface area (Å²) in [5.74, 6) is 1.82. The van der Waals surface area contributed by atoms with E-state index < -0.39 is 0 Å². The first kappa shape index (κ1) is 26.9. The van der Waals surface area contributed by atoms with E-state index in [1.807, 2.05) is 12.1 Å². The molecule has 0 amide bonds. The summed E-state index contributed by atoms with van der Waals surface area (Å²) in [4.78, 5) is 6.99. The van der Waals surface area contributed by atoms with E-state index in [9.17, 15) is 0 Å². The number of halogens is 1. The minimum Gasteiger partial charge on any atom is -0.497 e. The standard InChI is InChI=1S/C21H38N4O2.HI/c1-5-22-21(24-15-17-25(2)16-8-18-26-3)23-14-7-6-9-19-10-12-20(27-4)13-11-19;/h10-13H,5-9,14-18H2,1-4H3,(H2,22,23,24);1H. The van der Waals surface area contributed by atoms with E-state index in [0.29, 0.717) is 0 Å². The Kier molecular flexibility index (Phi) is 17.3. The molecule has 0 saturated heterocycles. The van der Waals surface area contributed by atoms with Gasteiger partial charge in [0.05, 0.1) is 7.11 Å². The summed E-state index contributed by atoms with van der Waals surface area (Å²) in [6, 6.07) is 8.31. The van der Waals surface area contributed by atoms with Gasteiger partial charge >= 0.3 is 0 Å². The third-order valence-electron chi connectivity index (χ3n) is 4.32. The van der Waals surface area contributed by atoms with Gasteiger partial charge in [0.2, 0.25) is 0 Å². The smallest absolute Gasteiger partial charge is 0.191 e. The maximum atomic E-state index is 5.19. The lowest BCUT2D eigenvalue weighted by Gasteiger charge is -2.18. The number of benzene rings is 1. The highest BCUT2D eigenvalue weighted by molar-refractivity contribution is 14.0. The molecule has 0 unspecified atom stereocenters. The Labute approximate surface area is 188 Å². The number of rotatable bonds is 14. The molecule has 6 nitrogen and oxygen atoms in total. The molecule has 1 aromatic carbocycles. The van der Waals surface area contributed by atoms with Crippen LogP contribution in [0.5, 0.6) is 5.75 Å². The van der Waals surface area contributed by atoms with Crippen molar-refractivity contribution < 1.29 is 9.47 Å². The van der Waals surface area contributed by atoms with Crippen LogP contribution in [-0.2, 0) is 11.2 Å². The highest BCUT2D eigenvalue weighted by atomic mass is 127. The number of unbranched alkanes of at least 4 members (excludes halogenated alkanes) is 1. The minimum atomic E-state index is 0. The molecular weight excluding hydrogens is 467 g/mol. The lowest BCUT2D eigenvalue weighted by Crippen LogP contribution is -2.41. The van der Waals surface area contributed by atoms with E-state index in [1.165, 1.54) is 5.56 Å². The highest BCUT2D eigenvalue weighted by Crippen LogP contribution is 2.13. The predicted octanol–water partition coefficient (Wildman–Crippen LogP) is 3.16. The van der Waals surface area contributed by atoms with E-state index in [0.717, 1.165) is 76.7 Å². The van der Waals surface area contributed by atoms with Crippen molar-refractivity contribution in [1.82, 2.24) is 15.5 Å². The number of likely N-dealkylation sites (N-methyl/N-ethyl adjacent to an activating group) is 1. The van der Waals surface area contributed by atoms with Crippen molar-refractivity contribution in [1.29, 1.82) is 0 Å². The molecule has 0 spiro atoms. The van der Waals surface area contributed by atoms with Crippen LogP contribution in [0.25, 0.3) is 0 Å². The van der Waals surface area contributed by atoms with Crippen molar-refractivity contribution in [2.45, 2.75) is 32.6 Å². The topological polar surface area (TPSA) is 58.1 Å². The number of nitrogens with one attached hydrogen (secondary N) is 2. The molecule has 0 bridgehead atoms. The molecule has 0 atom stereocenters. The molecule has 0 aliphatic carbocycles. The van der Waals surface area contributed by atoms with Crippen LogP contribution < -0.4 is 15.4 Å². The van der Waals surface area contributed by atoms with Crippen molar-refractivity contribution in [3.63, 3.8) is 0 Å². The molecule has 0 fully saturated rings. The summed E-state index contributed by atoms with van der Waals surface area (Å²) in [5, 5.41) is 6.73. The van der Waals surface area contributed by atoms with Crippen LogP contribution in [0.4, 0.5) is 0 Å². The summed E-state index contributed by atoms with van der Waals surface area (Å²) in [5.41, 5.74) is 1.35. The average molecular weight is 506 g/mol. The number of guanidine groups is 1. The molecule has 0 radical (unpaired) electrons. The largest absolute Gasteiger partial charge is 0.497 e. The fraction of sp³-hybridized carbons (Fsp3) is 0.667. The quantitative estimate of drug-likeness (QED) is 0.176. The lowest BCUT2D eigenvalue weighted by atomic mass is 10.1. The highest BCUT2D eigenvalue weighted by Gasteiger charge is 2.01. The number of ether oxygens (including phenoxy) is 2. The average Bonchev–Trinajstić information content (AvgIpc) is 2.68. The monoisotopic (exact) mass is 506 g/mol. The minimum absolute atomic E-state index is 0. The normalized spacial score (nSPS) is 11.2. The van der Waals surface area contributed by atoms with Crippen molar-refractivity contribution in [2.24, 2.45) is 4.99 Å². The van der Waals surface area contributed by atoms with Gasteiger partial charge in [-0.3, -0.25) is 4.99 Å². The molecule has 0 aliphatic heterocycles. The van der Waals surface area contributed by atoms with E-state index in [2.05, 4.69) is 46.6 Å². The zero-order chi connectivity index (χ0) is 19.7. The van der Waals surface area contributed by atoms with Gasteiger partial charge in [0.25, 0.3) is 0 Å². The van der Waals surface area contributed by atoms with Crippen molar-refractivity contribution in [2.75, 3.05) is 60.6 Å². The van der Waals surface area contributed by atoms with E-state index >= 15 is 0 Å².